The number of carbonyl (C=O) groups is 4. The Balaban J connectivity index is 1.67. The van der Waals surface area contributed by atoms with Gasteiger partial charge in [-0.1, -0.05) is 5.16 Å². The van der Waals surface area contributed by atoms with Crippen molar-refractivity contribution in [1.82, 2.24) is 14.6 Å². The number of oxime groups is 1. The number of esters is 1. The third kappa shape index (κ3) is 7.36. The van der Waals surface area contributed by atoms with Crippen molar-refractivity contribution < 1.29 is 51.4 Å². The molecule has 0 bridgehead atoms. The molecule has 21 heteroatoms. The number of thiazole rings is 1. The van der Waals surface area contributed by atoms with Crippen LogP contribution in [0.4, 0.5) is 15.6 Å². The van der Waals surface area contributed by atoms with E-state index < -0.39 is 70.1 Å². The summed E-state index contributed by atoms with van der Waals surface area (Å²) in [4.78, 5) is 67.0. The molecule has 2 heterocycles. The maximum atomic E-state index is 12.9. The summed E-state index contributed by atoms with van der Waals surface area (Å²) >= 11 is 0.911. The molecule has 0 aliphatic carbocycles. The van der Waals surface area contributed by atoms with E-state index in [1.54, 1.807) is 0 Å². The van der Waals surface area contributed by atoms with Gasteiger partial charge in [-0.2, -0.15) is 8.42 Å². The van der Waals surface area contributed by atoms with Crippen LogP contribution < -0.4 is 16.8 Å². The van der Waals surface area contributed by atoms with Crippen LogP contribution in [-0.4, -0.2) is 82.1 Å². The molecule has 3 amide bonds. The zero-order valence-corrected chi connectivity index (χ0v) is 21.5. The fourth-order valence-electron chi connectivity index (χ4n) is 3.17. The molecular weight excluding hydrogens is 582 g/mol. The molecule has 1 aliphatic rings. The second-order valence-electron chi connectivity index (χ2n) is 7.63. The third-order valence-corrected chi connectivity index (χ3v) is 6.59. The zero-order chi connectivity index (χ0) is 29.6. The highest BCUT2D eigenvalue weighted by Crippen LogP contribution is 2.24. The lowest BCUT2D eigenvalue weighted by atomic mass is 9.99. The molecule has 1 saturated heterocycles. The summed E-state index contributed by atoms with van der Waals surface area (Å²) in [5.74, 6) is -3.33. The lowest BCUT2D eigenvalue weighted by molar-refractivity contribution is -0.384. The molecule has 0 spiro atoms. The molecule has 0 unspecified atom stereocenters. The largest absolute Gasteiger partial charge is 0.458 e. The van der Waals surface area contributed by atoms with Gasteiger partial charge in [0.2, 0.25) is 6.61 Å². The first-order valence-electron chi connectivity index (χ1n) is 10.6. The van der Waals surface area contributed by atoms with Crippen LogP contribution in [0.15, 0.2) is 34.8 Å². The van der Waals surface area contributed by atoms with Crippen molar-refractivity contribution >= 4 is 62.0 Å². The van der Waals surface area contributed by atoms with Crippen molar-refractivity contribution in [3.63, 3.8) is 0 Å². The summed E-state index contributed by atoms with van der Waals surface area (Å²) in [5.41, 5.74) is 10.0. The number of nitrogens with one attached hydrogen (secondary N) is 1. The van der Waals surface area contributed by atoms with Gasteiger partial charge in [0, 0.05) is 17.5 Å². The van der Waals surface area contributed by atoms with Crippen molar-refractivity contribution in [3.8, 4) is 0 Å². The van der Waals surface area contributed by atoms with E-state index in [0.717, 1.165) is 11.3 Å². The van der Waals surface area contributed by atoms with Crippen molar-refractivity contribution in [2.24, 2.45) is 10.9 Å². The van der Waals surface area contributed by atoms with Crippen LogP contribution in [0.2, 0.25) is 0 Å². The number of anilines is 1. The first-order valence-corrected chi connectivity index (χ1v) is 12.9. The number of hydrogen-bond acceptors (Lipinski definition) is 15. The highest BCUT2D eigenvalue weighted by Gasteiger charge is 2.54. The summed E-state index contributed by atoms with van der Waals surface area (Å²) in [6, 6.07) is 2.05. The molecule has 2 aromatic rings. The summed E-state index contributed by atoms with van der Waals surface area (Å²) < 4.78 is 41.7. The van der Waals surface area contributed by atoms with Gasteiger partial charge in [0.1, 0.15) is 31.0 Å². The number of primary amides is 1. The molecule has 2 atom stereocenters. The number of nitrogens with zero attached hydrogens (tertiary/aromatic N) is 4. The molecule has 1 aromatic heterocycles. The second kappa shape index (κ2) is 12.3. The minimum Gasteiger partial charge on any atom is -0.458 e. The Bertz CT molecular complexity index is 1460. The number of rotatable bonds is 12. The van der Waals surface area contributed by atoms with E-state index in [-0.39, 0.29) is 27.4 Å². The van der Waals surface area contributed by atoms with E-state index in [4.69, 9.17) is 21.0 Å². The number of benzene rings is 1. The molecule has 6 N–H and O–H groups in total. The number of nitro groups is 1. The summed E-state index contributed by atoms with van der Waals surface area (Å²) in [6.45, 7) is -1.83. The van der Waals surface area contributed by atoms with Gasteiger partial charge >= 0.3 is 22.4 Å². The number of carbonyl (C=O) groups excluding carboxylic acids is 4. The maximum absolute atomic E-state index is 12.9. The van der Waals surface area contributed by atoms with Gasteiger partial charge in [0.05, 0.1) is 4.92 Å². The number of nitro benzene ring substituents is 1. The number of nitrogens with two attached hydrogens (primary N) is 2. The van der Waals surface area contributed by atoms with E-state index in [1.807, 2.05) is 0 Å². The van der Waals surface area contributed by atoms with Crippen LogP contribution in [-0.2, 0) is 45.6 Å². The van der Waals surface area contributed by atoms with Crippen molar-refractivity contribution in [2.45, 2.75) is 18.7 Å². The average molecular weight is 602 g/mol. The summed E-state index contributed by atoms with van der Waals surface area (Å²) in [7, 11) is -5.07. The van der Waals surface area contributed by atoms with Gasteiger partial charge in [0.25, 0.3) is 17.5 Å². The molecule has 3 rings (SSSR count). The van der Waals surface area contributed by atoms with Gasteiger partial charge in [0.15, 0.2) is 10.8 Å². The fourth-order valence-corrected chi connectivity index (χ4v) is 4.59. The summed E-state index contributed by atoms with van der Waals surface area (Å²) in [5, 5.41) is 17.7. The van der Waals surface area contributed by atoms with Gasteiger partial charge in [-0.3, -0.25) is 24.3 Å². The van der Waals surface area contributed by atoms with E-state index in [2.05, 4.69) is 20.2 Å². The standard InChI is InChI=1S/C19H19N7O12S2/c20-18-22-11(8-39-18)14(24-38-7-13(27)36-5-9-1-3-10(4-2-9)26(31)32)16(28)23-15-12(6-37-19(21)30)25(17(15)29)40(33,34)35/h1-4,8,12,15H,5-7H2,(H2,20,22)(H2,21,30)(H,23,28)(H,33,34,35)/b24-14-/t12-,15+/m1/s1. The molecule has 1 aliphatic heterocycles. The predicted octanol–water partition coefficient (Wildman–Crippen LogP) is -1.31. The average Bonchev–Trinajstić information content (AvgIpc) is 3.30. The number of nitrogen functional groups attached to an aromatic ring is 1. The normalized spacial score (nSPS) is 17.0. The van der Waals surface area contributed by atoms with Crippen LogP contribution in [0.1, 0.15) is 11.3 Å². The Morgan fingerprint density at radius 3 is 2.48 bits per heavy atom. The summed E-state index contributed by atoms with van der Waals surface area (Å²) in [6.07, 6.45) is -1.31. The highest BCUT2D eigenvalue weighted by atomic mass is 32.2. The zero-order valence-electron chi connectivity index (χ0n) is 19.9. The van der Waals surface area contributed by atoms with Gasteiger partial charge < -0.3 is 31.1 Å². The minimum atomic E-state index is -5.07. The quantitative estimate of drug-likeness (QED) is 0.0549. The SMILES string of the molecule is NC(=O)OC[C@@H]1[C@H](NC(=O)/C(=N\OCC(=O)OCc2ccc([N+](=O)[O-])cc2)c2csc(N)n2)C(=O)N1S(=O)(=O)O. The molecular formula is C19H19N7O12S2. The van der Waals surface area contributed by atoms with Crippen molar-refractivity contribution in [1.29, 1.82) is 0 Å². The molecule has 1 fully saturated rings. The monoisotopic (exact) mass is 601 g/mol. The highest BCUT2D eigenvalue weighted by molar-refractivity contribution is 7.84. The number of non-ortho nitro benzene ring substituents is 1. The first-order chi connectivity index (χ1) is 18.8. The van der Waals surface area contributed by atoms with E-state index >= 15 is 0 Å². The first kappa shape index (κ1) is 29.7. The van der Waals surface area contributed by atoms with Crippen molar-refractivity contribution in [2.75, 3.05) is 18.9 Å². The minimum absolute atomic E-state index is 0.0167. The molecule has 0 radical (unpaired) electrons. The van der Waals surface area contributed by atoms with Crippen LogP contribution in [0, 0.1) is 10.1 Å². The number of amides is 3. The Hall–Kier alpha value is -4.89. The van der Waals surface area contributed by atoms with Crippen LogP contribution >= 0.6 is 11.3 Å². The van der Waals surface area contributed by atoms with Gasteiger partial charge in [-0.15, -0.1) is 11.3 Å². The predicted molar refractivity (Wildman–Crippen MR) is 132 cm³/mol. The van der Waals surface area contributed by atoms with Crippen LogP contribution in [0.5, 0.6) is 0 Å². The van der Waals surface area contributed by atoms with Crippen molar-refractivity contribution in [3.05, 3.63) is 51.0 Å². The number of aromatic nitrogens is 1. The molecule has 214 valence electrons. The number of ether oxygens (including phenoxy) is 2. The Labute approximate surface area is 227 Å². The lowest BCUT2D eigenvalue weighted by Gasteiger charge is -2.43. The van der Waals surface area contributed by atoms with Crippen LogP contribution in [0.25, 0.3) is 0 Å². The molecule has 40 heavy (non-hydrogen) atoms. The number of β-lactam (4-membered cyclic amide) rings is 1. The Morgan fingerprint density at radius 1 is 1.25 bits per heavy atom. The fraction of sp³-hybridized carbons (Fsp3) is 0.263. The van der Waals surface area contributed by atoms with E-state index in [0.29, 0.717) is 5.56 Å². The molecule has 1 aromatic carbocycles. The van der Waals surface area contributed by atoms with Gasteiger partial charge in [-0.25, -0.2) is 18.9 Å². The maximum Gasteiger partial charge on any atom is 0.404 e. The van der Waals surface area contributed by atoms with Gasteiger partial charge in [-0.05, 0) is 17.7 Å². The Morgan fingerprint density at radius 2 is 1.93 bits per heavy atom. The third-order valence-electron chi connectivity index (χ3n) is 4.97. The molecule has 0 saturated carbocycles. The van der Waals surface area contributed by atoms with E-state index in [1.165, 1.54) is 29.6 Å². The smallest absolute Gasteiger partial charge is 0.404 e. The topological polar surface area (TPSA) is 286 Å². The number of hydrogen-bond donors (Lipinski definition) is 4. The Kier molecular flexibility index (Phi) is 9.13. The van der Waals surface area contributed by atoms with E-state index in [9.17, 15) is 42.3 Å². The molecule has 19 nitrogen and oxygen atoms in total. The lowest BCUT2D eigenvalue weighted by Crippen LogP contribution is -2.73. The van der Waals surface area contributed by atoms with Crippen LogP contribution in [0.3, 0.4) is 0 Å². The second-order valence-corrected chi connectivity index (χ2v) is 9.81.